The first-order valence-electron chi connectivity index (χ1n) is 12.7. The molecule has 2 fully saturated rings. The predicted octanol–water partition coefficient (Wildman–Crippen LogP) is 5.70. The highest BCUT2D eigenvalue weighted by molar-refractivity contribution is 7.80. The molecule has 2 aliphatic heterocycles. The zero-order valence-corrected chi connectivity index (χ0v) is 21.3. The number of anilines is 1. The van der Waals surface area contributed by atoms with Crippen LogP contribution >= 0.6 is 12.6 Å². The van der Waals surface area contributed by atoms with E-state index in [0.29, 0.717) is 0 Å². The van der Waals surface area contributed by atoms with Crippen LogP contribution in [-0.4, -0.2) is 49.0 Å². The van der Waals surface area contributed by atoms with E-state index in [2.05, 4.69) is 90.0 Å². The minimum Gasteiger partial charge on any atom is -0.371 e. The van der Waals surface area contributed by atoms with Crippen molar-refractivity contribution in [1.82, 2.24) is 0 Å². The molecule has 32 heavy (non-hydrogen) atoms. The van der Waals surface area contributed by atoms with Gasteiger partial charge in [0.1, 0.15) is 6.54 Å². The Kier molecular flexibility index (Phi) is 9.68. The van der Waals surface area contributed by atoms with E-state index in [4.69, 9.17) is 0 Å². The van der Waals surface area contributed by atoms with Gasteiger partial charge in [-0.25, -0.2) is 4.57 Å². The predicted molar refractivity (Wildman–Crippen MR) is 142 cm³/mol. The quantitative estimate of drug-likeness (QED) is 0.321. The molecule has 0 amide bonds. The van der Waals surface area contributed by atoms with Gasteiger partial charge in [0.05, 0.1) is 25.7 Å². The minimum atomic E-state index is 0.843. The molecule has 1 aromatic heterocycles. The zero-order valence-electron chi connectivity index (χ0n) is 20.4. The summed E-state index contributed by atoms with van der Waals surface area (Å²) < 4.78 is 3.53. The molecule has 3 nitrogen and oxygen atoms in total. The van der Waals surface area contributed by atoms with Crippen LogP contribution in [0.25, 0.3) is 12.2 Å². The molecular weight excluding hydrogens is 410 g/mol. The maximum Gasteiger partial charge on any atom is 0.169 e. The van der Waals surface area contributed by atoms with Crippen LogP contribution < -0.4 is 9.47 Å². The van der Waals surface area contributed by atoms with Gasteiger partial charge in [0.2, 0.25) is 0 Å². The number of pyridine rings is 1. The number of nitrogens with zero attached hydrogens (tertiary/aromatic N) is 3. The number of rotatable bonds is 7. The van der Waals surface area contributed by atoms with Gasteiger partial charge in [0, 0.05) is 62.3 Å². The number of aromatic nitrogens is 1. The highest BCUT2D eigenvalue weighted by Crippen LogP contribution is 2.31. The number of likely N-dealkylation sites (tertiary alicyclic amines) is 1. The molecule has 0 bridgehead atoms. The third-order valence-electron chi connectivity index (χ3n) is 7.25. The summed E-state index contributed by atoms with van der Waals surface area (Å²) >= 11 is 4.57. The van der Waals surface area contributed by atoms with Crippen LogP contribution in [0.3, 0.4) is 0 Å². The van der Waals surface area contributed by atoms with Gasteiger partial charge in [0.15, 0.2) is 12.4 Å². The van der Waals surface area contributed by atoms with Crippen LogP contribution in [0.4, 0.5) is 5.69 Å². The summed E-state index contributed by atoms with van der Waals surface area (Å²) in [6.07, 6.45) is 14.1. The second-order valence-corrected chi connectivity index (χ2v) is 9.37. The largest absolute Gasteiger partial charge is 0.371 e. The smallest absolute Gasteiger partial charge is 0.169 e. The number of benzene rings is 1. The Morgan fingerprint density at radius 3 is 2.03 bits per heavy atom. The van der Waals surface area contributed by atoms with Crippen molar-refractivity contribution in [3.05, 3.63) is 59.9 Å². The molecule has 2 saturated heterocycles. The molecule has 1 aromatic carbocycles. The standard InChI is InChI=1S/C26H36N3S.C2H6/c1-2-27-15-11-24(12-16-27)6-5-23-7-9-25(10-8-23)28-17-13-26(14-18-28)29(21-22-30)19-3-4-20-29;1-2/h5-12,15-16,26H,2-4,13-14,17-22H2,1H3;1-2H3/q+1;/p+1. The van der Waals surface area contributed by atoms with E-state index < -0.39 is 0 Å². The fourth-order valence-electron chi connectivity index (χ4n) is 5.39. The van der Waals surface area contributed by atoms with Crippen molar-refractivity contribution in [3.8, 4) is 0 Å². The molecule has 0 unspecified atom stereocenters. The van der Waals surface area contributed by atoms with Crippen molar-refractivity contribution < 1.29 is 9.05 Å². The molecule has 0 aliphatic carbocycles. The SMILES string of the molecule is CC.CC[n+]1ccc(/C=C/c2ccc(N3CCC([N+]4(CCS)CCCC4)CC3)cc2)cc1. The van der Waals surface area contributed by atoms with Crippen LogP contribution in [0.15, 0.2) is 48.8 Å². The van der Waals surface area contributed by atoms with Gasteiger partial charge in [0.25, 0.3) is 0 Å². The number of quaternary nitrogens is 1. The maximum atomic E-state index is 4.57. The van der Waals surface area contributed by atoms with Crippen LogP contribution in [0.1, 0.15) is 57.6 Å². The highest BCUT2D eigenvalue weighted by atomic mass is 32.1. The number of thiol groups is 1. The lowest BCUT2D eigenvalue weighted by molar-refractivity contribution is -0.939. The molecule has 0 radical (unpaired) electrons. The first kappa shape index (κ1) is 24.9. The Bertz CT molecular complexity index is 815. The Morgan fingerprint density at radius 2 is 1.50 bits per heavy atom. The summed E-state index contributed by atoms with van der Waals surface area (Å²) in [5.41, 5.74) is 3.87. The average Bonchev–Trinajstić information content (AvgIpc) is 3.35. The first-order valence-corrected chi connectivity index (χ1v) is 13.3. The van der Waals surface area contributed by atoms with Crippen molar-refractivity contribution >= 4 is 30.5 Å². The number of hydrogen-bond acceptors (Lipinski definition) is 2. The maximum absolute atomic E-state index is 4.57. The third-order valence-corrected chi connectivity index (χ3v) is 7.45. The van der Waals surface area contributed by atoms with E-state index in [0.717, 1.165) is 18.3 Å². The van der Waals surface area contributed by atoms with Gasteiger partial charge in [-0.1, -0.05) is 38.1 Å². The molecule has 0 N–H and O–H groups in total. The average molecular weight is 454 g/mol. The first-order chi connectivity index (χ1) is 15.7. The molecule has 2 aromatic rings. The lowest BCUT2D eigenvalue weighted by atomic mass is 9.99. The van der Waals surface area contributed by atoms with Crippen molar-refractivity contribution in [2.45, 2.75) is 59.0 Å². The van der Waals surface area contributed by atoms with Crippen LogP contribution in [-0.2, 0) is 6.54 Å². The molecule has 4 heteroatoms. The van der Waals surface area contributed by atoms with Crippen molar-refractivity contribution in [2.24, 2.45) is 0 Å². The van der Waals surface area contributed by atoms with Crippen molar-refractivity contribution in [3.63, 3.8) is 0 Å². The summed E-state index contributed by atoms with van der Waals surface area (Å²) in [4.78, 5) is 2.58. The molecule has 0 saturated carbocycles. The van der Waals surface area contributed by atoms with Gasteiger partial charge >= 0.3 is 0 Å². The summed E-state index contributed by atoms with van der Waals surface area (Å²) in [5.74, 6) is 1.02. The van der Waals surface area contributed by atoms with Crippen LogP contribution in [0.5, 0.6) is 0 Å². The lowest BCUT2D eigenvalue weighted by Crippen LogP contribution is -2.58. The Hall–Kier alpha value is -1.78. The summed E-state index contributed by atoms with van der Waals surface area (Å²) in [6, 6.07) is 14.3. The van der Waals surface area contributed by atoms with E-state index in [1.807, 2.05) is 13.8 Å². The van der Waals surface area contributed by atoms with E-state index in [1.54, 1.807) is 0 Å². The summed E-state index contributed by atoms with van der Waals surface area (Å²) in [6.45, 7) is 13.6. The molecule has 3 heterocycles. The molecule has 0 atom stereocenters. The lowest BCUT2D eigenvalue weighted by Gasteiger charge is -2.45. The minimum absolute atomic E-state index is 0.843. The van der Waals surface area contributed by atoms with Gasteiger partial charge < -0.3 is 9.38 Å². The van der Waals surface area contributed by atoms with Crippen molar-refractivity contribution in [1.29, 1.82) is 0 Å². The number of hydrogen-bond donors (Lipinski definition) is 1. The number of piperidine rings is 1. The van der Waals surface area contributed by atoms with Crippen LogP contribution in [0, 0.1) is 0 Å². The second-order valence-electron chi connectivity index (χ2n) is 8.93. The van der Waals surface area contributed by atoms with Gasteiger partial charge in [-0.3, -0.25) is 0 Å². The third kappa shape index (κ3) is 6.17. The van der Waals surface area contributed by atoms with E-state index in [-0.39, 0.29) is 0 Å². The summed E-state index contributed by atoms with van der Waals surface area (Å²) in [5, 5.41) is 0. The fourth-order valence-corrected chi connectivity index (χ4v) is 5.79. The molecular formula is C28H43N3S+2. The highest BCUT2D eigenvalue weighted by Gasteiger charge is 2.40. The second kappa shape index (κ2) is 12.5. The van der Waals surface area contributed by atoms with Crippen LogP contribution in [0.2, 0.25) is 0 Å². The topological polar surface area (TPSA) is 7.12 Å². The number of aryl methyl sites for hydroxylation is 1. The molecule has 4 rings (SSSR count). The Balaban J connectivity index is 0.00000141. The van der Waals surface area contributed by atoms with E-state index in [9.17, 15) is 0 Å². The van der Waals surface area contributed by atoms with E-state index >= 15 is 0 Å². The zero-order chi connectivity index (χ0) is 22.8. The fraction of sp³-hybridized carbons (Fsp3) is 0.536. The molecule has 174 valence electrons. The Labute approximate surface area is 201 Å². The molecule has 0 spiro atoms. The van der Waals surface area contributed by atoms with E-state index in [1.165, 1.54) is 79.7 Å². The summed E-state index contributed by atoms with van der Waals surface area (Å²) in [7, 11) is 0. The Morgan fingerprint density at radius 1 is 0.938 bits per heavy atom. The van der Waals surface area contributed by atoms with Crippen molar-refractivity contribution in [2.75, 3.05) is 43.4 Å². The normalized spacial score (nSPS) is 18.6. The van der Waals surface area contributed by atoms with Gasteiger partial charge in [-0.2, -0.15) is 12.6 Å². The monoisotopic (exact) mass is 453 g/mol. The molecule has 2 aliphatic rings. The van der Waals surface area contributed by atoms with Gasteiger partial charge in [-0.15, -0.1) is 0 Å². The van der Waals surface area contributed by atoms with Gasteiger partial charge in [-0.05, 0) is 30.2 Å².